The second kappa shape index (κ2) is 5.52. The van der Waals surface area contributed by atoms with Crippen molar-refractivity contribution in [3.8, 4) is 0 Å². The first-order chi connectivity index (χ1) is 8.65. The van der Waals surface area contributed by atoms with E-state index in [9.17, 15) is 5.11 Å². The lowest BCUT2D eigenvalue weighted by molar-refractivity contribution is 0.269. The molecule has 0 amide bonds. The van der Waals surface area contributed by atoms with Crippen molar-refractivity contribution < 1.29 is 5.11 Å². The molecule has 1 aliphatic carbocycles. The standard InChI is InChI=1S/C13H22N4O/c1-4-14-11-7-12(17(3)9(2)8-18)16-13(15-11)10-5-6-10/h7,9-10,18H,4-6,8H2,1-3H3,(H,14,15,16). The molecule has 18 heavy (non-hydrogen) atoms. The van der Waals surface area contributed by atoms with Gasteiger partial charge in [0, 0.05) is 25.6 Å². The van der Waals surface area contributed by atoms with Crippen LogP contribution in [0.2, 0.25) is 0 Å². The van der Waals surface area contributed by atoms with Gasteiger partial charge >= 0.3 is 0 Å². The zero-order valence-corrected chi connectivity index (χ0v) is 11.3. The molecule has 5 heteroatoms. The molecule has 0 aliphatic heterocycles. The Hall–Kier alpha value is -1.36. The van der Waals surface area contributed by atoms with Crippen LogP contribution in [0.1, 0.15) is 38.4 Å². The van der Waals surface area contributed by atoms with Gasteiger partial charge in [-0.05, 0) is 26.7 Å². The Morgan fingerprint density at radius 1 is 1.50 bits per heavy atom. The lowest BCUT2D eigenvalue weighted by Gasteiger charge is -2.25. The van der Waals surface area contributed by atoms with Gasteiger partial charge in [-0.1, -0.05) is 0 Å². The van der Waals surface area contributed by atoms with E-state index in [4.69, 9.17) is 0 Å². The number of anilines is 2. The smallest absolute Gasteiger partial charge is 0.136 e. The van der Waals surface area contributed by atoms with E-state index in [1.54, 1.807) is 0 Å². The minimum absolute atomic E-state index is 0.0569. The minimum Gasteiger partial charge on any atom is -0.394 e. The first kappa shape index (κ1) is 13.1. The second-order valence-corrected chi connectivity index (χ2v) is 4.92. The van der Waals surface area contributed by atoms with Crippen LogP contribution >= 0.6 is 0 Å². The van der Waals surface area contributed by atoms with Gasteiger partial charge < -0.3 is 15.3 Å². The number of nitrogens with zero attached hydrogens (tertiary/aromatic N) is 3. The number of hydrogen-bond acceptors (Lipinski definition) is 5. The molecule has 1 unspecified atom stereocenters. The summed E-state index contributed by atoms with van der Waals surface area (Å²) in [6, 6.07) is 2.00. The van der Waals surface area contributed by atoms with E-state index in [1.165, 1.54) is 12.8 Å². The van der Waals surface area contributed by atoms with Crippen LogP contribution < -0.4 is 10.2 Å². The van der Waals surface area contributed by atoms with Crippen LogP contribution in [0, 0.1) is 0 Å². The zero-order valence-electron chi connectivity index (χ0n) is 11.3. The first-order valence-corrected chi connectivity index (χ1v) is 6.62. The Kier molecular flexibility index (Phi) is 4.01. The minimum atomic E-state index is 0.0569. The Morgan fingerprint density at radius 3 is 2.78 bits per heavy atom. The third-order valence-corrected chi connectivity index (χ3v) is 3.32. The third kappa shape index (κ3) is 2.90. The lowest BCUT2D eigenvalue weighted by Crippen LogP contribution is -2.32. The van der Waals surface area contributed by atoms with Gasteiger partial charge in [0.05, 0.1) is 12.6 Å². The third-order valence-electron chi connectivity index (χ3n) is 3.32. The highest BCUT2D eigenvalue weighted by Gasteiger charge is 2.28. The summed E-state index contributed by atoms with van der Waals surface area (Å²) in [6.45, 7) is 5.00. The van der Waals surface area contributed by atoms with Crippen LogP contribution in [0.3, 0.4) is 0 Å². The quantitative estimate of drug-likeness (QED) is 0.803. The molecule has 2 rings (SSSR count). The Bertz CT molecular complexity index is 406. The zero-order chi connectivity index (χ0) is 13.1. The second-order valence-electron chi connectivity index (χ2n) is 4.92. The molecule has 1 fully saturated rings. The van der Waals surface area contributed by atoms with Crippen LogP contribution in [-0.4, -0.2) is 41.3 Å². The largest absolute Gasteiger partial charge is 0.394 e. The van der Waals surface area contributed by atoms with Gasteiger partial charge in [-0.3, -0.25) is 0 Å². The van der Waals surface area contributed by atoms with Crippen molar-refractivity contribution in [2.24, 2.45) is 0 Å². The maximum absolute atomic E-state index is 9.23. The van der Waals surface area contributed by atoms with Crippen LogP contribution in [0.5, 0.6) is 0 Å². The normalized spacial score (nSPS) is 16.4. The molecule has 0 aromatic carbocycles. The number of likely N-dealkylation sites (N-methyl/N-ethyl adjacent to an activating group) is 1. The highest BCUT2D eigenvalue weighted by atomic mass is 16.3. The van der Waals surface area contributed by atoms with Crippen LogP contribution in [0.15, 0.2) is 6.07 Å². The molecule has 1 atom stereocenters. The molecular formula is C13H22N4O. The average Bonchev–Trinajstić information content (AvgIpc) is 3.21. The molecule has 2 N–H and O–H groups in total. The number of nitrogens with one attached hydrogen (secondary N) is 1. The highest BCUT2D eigenvalue weighted by Crippen LogP contribution is 2.39. The van der Waals surface area contributed by atoms with Gasteiger partial charge in [0.15, 0.2) is 0 Å². The molecule has 1 heterocycles. The Labute approximate surface area is 108 Å². The topological polar surface area (TPSA) is 61.3 Å². The van der Waals surface area contributed by atoms with E-state index in [2.05, 4.69) is 22.2 Å². The average molecular weight is 250 g/mol. The fourth-order valence-electron chi connectivity index (χ4n) is 1.78. The summed E-state index contributed by atoms with van der Waals surface area (Å²) in [5.41, 5.74) is 0. The summed E-state index contributed by atoms with van der Waals surface area (Å²) in [6.07, 6.45) is 2.38. The fraction of sp³-hybridized carbons (Fsp3) is 0.692. The lowest BCUT2D eigenvalue weighted by atomic mass is 10.3. The fourth-order valence-corrected chi connectivity index (χ4v) is 1.78. The van der Waals surface area contributed by atoms with Crippen molar-refractivity contribution in [2.75, 3.05) is 30.4 Å². The molecule has 0 spiro atoms. The SMILES string of the molecule is CCNc1cc(N(C)C(C)CO)nc(C2CC2)n1. The van der Waals surface area contributed by atoms with Crippen molar-refractivity contribution in [1.29, 1.82) is 0 Å². The molecule has 0 radical (unpaired) electrons. The Morgan fingerprint density at radius 2 is 2.22 bits per heavy atom. The first-order valence-electron chi connectivity index (χ1n) is 6.62. The predicted molar refractivity (Wildman–Crippen MR) is 73.1 cm³/mol. The molecular weight excluding hydrogens is 228 g/mol. The van der Waals surface area contributed by atoms with Crippen molar-refractivity contribution >= 4 is 11.6 Å². The number of hydrogen-bond donors (Lipinski definition) is 2. The van der Waals surface area contributed by atoms with Crippen molar-refractivity contribution in [1.82, 2.24) is 9.97 Å². The summed E-state index contributed by atoms with van der Waals surface area (Å²) in [5, 5.41) is 12.5. The van der Waals surface area contributed by atoms with Crippen LogP contribution in [0.25, 0.3) is 0 Å². The van der Waals surface area contributed by atoms with E-state index < -0.39 is 0 Å². The summed E-state index contributed by atoms with van der Waals surface area (Å²) in [4.78, 5) is 11.1. The monoisotopic (exact) mass is 250 g/mol. The number of rotatable bonds is 6. The van der Waals surface area contributed by atoms with Crippen LogP contribution in [-0.2, 0) is 0 Å². The number of aromatic nitrogens is 2. The maximum atomic E-state index is 9.23. The molecule has 0 saturated heterocycles. The number of aliphatic hydroxyl groups is 1. The van der Waals surface area contributed by atoms with Gasteiger partial charge in [0.2, 0.25) is 0 Å². The summed E-state index contributed by atoms with van der Waals surface area (Å²) < 4.78 is 0. The summed E-state index contributed by atoms with van der Waals surface area (Å²) in [5.74, 6) is 3.21. The van der Waals surface area contributed by atoms with Gasteiger partial charge in [0.1, 0.15) is 17.5 Å². The summed E-state index contributed by atoms with van der Waals surface area (Å²) >= 11 is 0. The van der Waals surface area contributed by atoms with Gasteiger partial charge in [-0.25, -0.2) is 9.97 Å². The van der Waals surface area contributed by atoms with E-state index in [0.717, 1.165) is 24.0 Å². The maximum Gasteiger partial charge on any atom is 0.136 e. The predicted octanol–water partition coefficient (Wildman–Crippen LogP) is 1.60. The van der Waals surface area contributed by atoms with Crippen molar-refractivity contribution in [2.45, 2.75) is 38.6 Å². The van der Waals surface area contributed by atoms with Crippen molar-refractivity contribution in [3.63, 3.8) is 0 Å². The molecule has 1 aromatic heterocycles. The van der Waals surface area contributed by atoms with Gasteiger partial charge in [0.25, 0.3) is 0 Å². The van der Waals surface area contributed by atoms with E-state index in [0.29, 0.717) is 5.92 Å². The highest BCUT2D eigenvalue weighted by molar-refractivity contribution is 5.50. The molecule has 1 aromatic rings. The van der Waals surface area contributed by atoms with E-state index >= 15 is 0 Å². The van der Waals surface area contributed by atoms with Gasteiger partial charge in [-0.2, -0.15) is 0 Å². The van der Waals surface area contributed by atoms with Gasteiger partial charge in [-0.15, -0.1) is 0 Å². The number of aliphatic hydroxyl groups excluding tert-OH is 1. The molecule has 100 valence electrons. The van der Waals surface area contributed by atoms with Crippen LogP contribution in [0.4, 0.5) is 11.6 Å². The molecule has 1 aliphatic rings. The van der Waals surface area contributed by atoms with E-state index in [1.807, 2.05) is 24.9 Å². The van der Waals surface area contributed by atoms with E-state index in [-0.39, 0.29) is 12.6 Å². The van der Waals surface area contributed by atoms with Crippen molar-refractivity contribution in [3.05, 3.63) is 11.9 Å². The summed E-state index contributed by atoms with van der Waals surface area (Å²) in [7, 11) is 1.95. The Balaban J connectivity index is 2.27. The molecule has 1 saturated carbocycles. The molecule has 5 nitrogen and oxygen atoms in total. The molecule has 0 bridgehead atoms.